The lowest BCUT2D eigenvalue weighted by Crippen LogP contribution is -2.45. The third-order valence-electron chi connectivity index (χ3n) is 4.64. The molecule has 0 aromatic heterocycles. The first-order valence-electron chi connectivity index (χ1n) is 9.21. The Hall–Kier alpha value is -2.34. The van der Waals surface area contributed by atoms with Crippen molar-refractivity contribution in [3.8, 4) is 0 Å². The van der Waals surface area contributed by atoms with Crippen LogP contribution >= 0.6 is 0 Å². The topological polar surface area (TPSA) is 66.5 Å². The minimum Gasteiger partial charge on any atom is -0.352 e. The highest BCUT2D eigenvalue weighted by atomic mass is 32.2. The number of nitrogens with one attached hydrogen (secondary N) is 1. The molecule has 146 valence electrons. The van der Waals surface area contributed by atoms with E-state index >= 15 is 0 Å². The maximum absolute atomic E-state index is 13.2. The van der Waals surface area contributed by atoms with Crippen molar-refractivity contribution in [3.63, 3.8) is 0 Å². The van der Waals surface area contributed by atoms with Crippen molar-refractivity contribution in [2.45, 2.75) is 45.1 Å². The van der Waals surface area contributed by atoms with Gasteiger partial charge in [0.1, 0.15) is 6.54 Å². The summed E-state index contributed by atoms with van der Waals surface area (Å²) in [4.78, 5) is 12.7. The quantitative estimate of drug-likeness (QED) is 0.751. The number of aryl methyl sites for hydroxylation is 1. The molecule has 2 rings (SSSR count). The third-order valence-corrected chi connectivity index (χ3v) is 6.43. The van der Waals surface area contributed by atoms with Crippen LogP contribution in [0.25, 0.3) is 0 Å². The van der Waals surface area contributed by atoms with Gasteiger partial charge in [0.15, 0.2) is 0 Å². The minimum absolute atomic E-state index is 0.0405. The zero-order chi connectivity index (χ0) is 20.0. The predicted molar refractivity (Wildman–Crippen MR) is 109 cm³/mol. The Morgan fingerprint density at radius 1 is 1.00 bits per heavy atom. The number of sulfonamides is 1. The Kier molecular flexibility index (Phi) is 7.02. The van der Waals surface area contributed by atoms with Crippen LogP contribution in [0.15, 0.2) is 59.5 Å². The molecule has 2 aromatic rings. The maximum Gasteiger partial charge on any atom is 0.264 e. The molecule has 0 aliphatic rings. The summed E-state index contributed by atoms with van der Waals surface area (Å²) < 4.78 is 27.5. The number of benzene rings is 2. The Labute approximate surface area is 162 Å². The third kappa shape index (κ3) is 5.32. The summed E-state index contributed by atoms with van der Waals surface area (Å²) in [5.74, 6) is -0.0627. The number of carbonyl (C=O) groups excluding carboxylic acids is 1. The second kappa shape index (κ2) is 9.04. The first-order chi connectivity index (χ1) is 12.8. The number of carbonyl (C=O) groups is 1. The second-order valence-electron chi connectivity index (χ2n) is 6.94. The number of hydrogen-bond acceptors (Lipinski definition) is 3. The fourth-order valence-electron chi connectivity index (χ4n) is 2.53. The molecular formula is C21H28N2O3S. The lowest BCUT2D eigenvalue weighted by molar-refractivity contribution is -0.120. The summed E-state index contributed by atoms with van der Waals surface area (Å²) in [5, 5.41) is 2.88. The summed E-state index contributed by atoms with van der Waals surface area (Å²) in [6.07, 6.45) is 0.859. The van der Waals surface area contributed by atoms with Gasteiger partial charge in [0, 0.05) is 6.04 Å². The Balaban J connectivity index is 2.37. The molecule has 27 heavy (non-hydrogen) atoms. The van der Waals surface area contributed by atoms with Crippen LogP contribution in [0.1, 0.15) is 33.3 Å². The molecule has 1 amide bonds. The van der Waals surface area contributed by atoms with Crippen LogP contribution in [-0.2, 0) is 21.2 Å². The predicted octanol–water partition coefficient (Wildman–Crippen LogP) is 3.61. The smallest absolute Gasteiger partial charge is 0.264 e. The average molecular weight is 389 g/mol. The van der Waals surface area contributed by atoms with E-state index in [1.807, 2.05) is 39.8 Å². The van der Waals surface area contributed by atoms with Gasteiger partial charge in [-0.25, -0.2) is 8.42 Å². The highest BCUT2D eigenvalue weighted by Crippen LogP contribution is 2.24. The number of rotatable bonds is 8. The van der Waals surface area contributed by atoms with Gasteiger partial charge in [-0.1, -0.05) is 51.1 Å². The van der Waals surface area contributed by atoms with Gasteiger partial charge in [-0.2, -0.15) is 0 Å². The summed E-state index contributed by atoms with van der Waals surface area (Å²) >= 11 is 0. The van der Waals surface area contributed by atoms with Gasteiger partial charge >= 0.3 is 0 Å². The van der Waals surface area contributed by atoms with Crippen molar-refractivity contribution in [2.75, 3.05) is 10.8 Å². The molecule has 0 spiro atoms. The molecule has 0 fully saturated rings. The molecular weight excluding hydrogens is 360 g/mol. The van der Waals surface area contributed by atoms with Gasteiger partial charge in [-0.3, -0.25) is 9.10 Å². The molecule has 2 aromatic carbocycles. The van der Waals surface area contributed by atoms with E-state index in [9.17, 15) is 13.2 Å². The first-order valence-corrected chi connectivity index (χ1v) is 10.7. The summed E-state index contributed by atoms with van der Waals surface area (Å²) in [6.45, 7) is 7.70. The van der Waals surface area contributed by atoms with Crippen LogP contribution < -0.4 is 9.62 Å². The van der Waals surface area contributed by atoms with E-state index in [0.29, 0.717) is 5.69 Å². The van der Waals surface area contributed by atoms with Crippen LogP contribution in [0.5, 0.6) is 0 Å². The molecule has 0 aliphatic carbocycles. The van der Waals surface area contributed by atoms with Crippen LogP contribution in [-0.4, -0.2) is 26.9 Å². The van der Waals surface area contributed by atoms with E-state index in [-0.39, 0.29) is 29.3 Å². The molecule has 0 bridgehead atoms. The molecule has 0 saturated heterocycles. The molecule has 5 nitrogen and oxygen atoms in total. The van der Waals surface area contributed by atoms with Gasteiger partial charge in [-0.05, 0) is 49.1 Å². The fourth-order valence-corrected chi connectivity index (χ4v) is 3.97. The highest BCUT2D eigenvalue weighted by Gasteiger charge is 2.27. The number of nitrogens with zero attached hydrogens (tertiary/aromatic N) is 1. The van der Waals surface area contributed by atoms with E-state index in [0.717, 1.165) is 12.0 Å². The van der Waals surface area contributed by atoms with Gasteiger partial charge in [0.2, 0.25) is 5.91 Å². The minimum atomic E-state index is -3.85. The summed E-state index contributed by atoms with van der Waals surface area (Å²) in [7, 11) is -3.85. The zero-order valence-corrected chi connectivity index (χ0v) is 17.2. The largest absolute Gasteiger partial charge is 0.352 e. The number of hydrogen-bond donors (Lipinski definition) is 1. The average Bonchev–Trinajstić information content (AvgIpc) is 2.66. The Morgan fingerprint density at radius 2 is 1.59 bits per heavy atom. The van der Waals surface area contributed by atoms with Gasteiger partial charge in [-0.15, -0.1) is 0 Å². The summed E-state index contributed by atoms with van der Waals surface area (Å²) in [5.41, 5.74) is 1.58. The van der Waals surface area contributed by atoms with E-state index in [1.54, 1.807) is 30.3 Å². The van der Waals surface area contributed by atoms with Crippen LogP contribution in [0.3, 0.4) is 0 Å². The normalized spacial score (nSPS) is 12.6. The summed E-state index contributed by atoms with van der Waals surface area (Å²) in [6, 6.07) is 15.4. The van der Waals surface area contributed by atoms with E-state index in [2.05, 4.69) is 5.32 Å². The molecule has 0 saturated carbocycles. The van der Waals surface area contributed by atoms with Crippen LogP contribution in [0, 0.1) is 5.92 Å². The van der Waals surface area contributed by atoms with E-state index in [1.165, 1.54) is 16.4 Å². The van der Waals surface area contributed by atoms with Crippen molar-refractivity contribution in [2.24, 2.45) is 5.92 Å². The molecule has 0 heterocycles. The van der Waals surface area contributed by atoms with E-state index in [4.69, 9.17) is 0 Å². The maximum atomic E-state index is 13.2. The van der Waals surface area contributed by atoms with E-state index < -0.39 is 10.0 Å². The monoisotopic (exact) mass is 388 g/mol. The van der Waals surface area contributed by atoms with Crippen LogP contribution in [0.2, 0.25) is 0 Å². The van der Waals surface area contributed by atoms with Crippen molar-refractivity contribution < 1.29 is 13.2 Å². The number of anilines is 1. The first kappa shape index (κ1) is 21.0. The van der Waals surface area contributed by atoms with Gasteiger partial charge < -0.3 is 5.32 Å². The van der Waals surface area contributed by atoms with Crippen molar-refractivity contribution in [3.05, 3.63) is 60.2 Å². The molecule has 0 aliphatic heterocycles. The number of amides is 1. The molecule has 0 radical (unpaired) electrons. The van der Waals surface area contributed by atoms with Crippen molar-refractivity contribution >= 4 is 21.6 Å². The SMILES string of the molecule is CCc1ccc(N(CC(=O)NC(C)C(C)C)S(=O)(=O)c2ccccc2)cc1. The molecule has 1 N–H and O–H groups in total. The Morgan fingerprint density at radius 3 is 2.11 bits per heavy atom. The van der Waals surface area contributed by atoms with Gasteiger partial charge in [0.05, 0.1) is 10.6 Å². The highest BCUT2D eigenvalue weighted by molar-refractivity contribution is 7.92. The Bertz CT molecular complexity index is 847. The molecule has 1 unspecified atom stereocenters. The second-order valence-corrected chi connectivity index (χ2v) is 8.81. The fraction of sp³-hybridized carbons (Fsp3) is 0.381. The van der Waals surface area contributed by atoms with Gasteiger partial charge in [0.25, 0.3) is 10.0 Å². The zero-order valence-electron chi connectivity index (χ0n) is 16.3. The van der Waals surface area contributed by atoms with Crippen LogP contribution in [0.4, 0.5) is 5.69 Å². The molecule has 1 atom stereocenters. The lowest BCUT2D eigenvalue weighted by atomic mass is 10.1. The standard InChI is InChI=1S/C21H28N2O3S/c1-5-18-11-13-19(14-12-18)23(15-21(24)22-17(4)16(2)3)27(25,26)20-9-7-6-8-10-20/h6-14,16-17H,5,15H2,1-4H3,(H,22,24). The molecule has 6 heteroatoms. The van der Waals surface area contributed by atoms with Crippen molar-refractivity contribution in [1.82, 2.24) is 5.32 Å². The lowest BCUT2D eigenvalue weighted by Gasteiger charge is -2.26. The van der Waals surface area contributed by atoms with Crippen molar-refractivity contribution in [1.29, 1.82) is 0 Å².